The molecule has 0 unspecified atom stereocenters. The van der Waals surface area contributed by atoms with Crippen molar-refractivity contribution in [3.63, 3.8) is 0 Å². The molecule has 94 valence electrons. The average Bonchev–Trinajstić information content (AvgIpc) is 2.75. The first-order chi connectivity index (χ1) is 8.30. The molecule has 0 saturated heterocycles. The molecule has 0 amide bonds. The summed E-state index contributed by atoms with van der Waals surface area (Å²) in [5, 5.41) is 8.64. The van der Waals surface area contributed by atoms with Crippen LogP contribution in [0.25, 0.3) is 0 Å². The van der Waals surface area contributed by atoms with E-state index in [4.69, 9.17) is 5.11 Å². The zero-order valence-electron chi connectivity index (χ0n) is 10.7. The van der Waals surface area contributed by atoms with Crippen molar-refractivity contribution in [2.24, 2.45) is 0 Å². The van der Waals surface area contributed by atoms with E-state index in [1.807, 2.05) is 6.07 Å². The normalized spacial score (nSPS) is 10.4. The van der Waals surface area contributed by atoms with Crippen molar-refractivity contribution >= 4 is 11.3 Å². The first-order valence-electron chi connectivity index (χ1n) is 6.21. The lowest BCUT2D eigenvalue weighted by atomic mass is 10.3. The van der Waals surface area contributed by atoms with Gasteiger partial charge in [-0.15, -0.1) is 11.3 Å². The van der Waals surface area contributed by atoms with Gasteiger partial charge in [-0.25, -0.2) is 0 Å². The molecule has 0 aliphatic rings. The zero-order chi connectivity index (χ0) is 12.5. The predicted molar refractivity (Wildman–Crippen MR) is 74.1 cm³/mol. The molecule has 1 aromatic heterocycles. The van der Waals surface area contributed by atoms with Gasteiger partial charge in [0.2, 0.25) is 0 Å². The van der Waals surface area contributed by atoms with Crippen LogP contribution >= 0.6 is 11.3 Å². The van der Waals surface area contributed by atoms with E-state index in [1.54, 1.807) is 11.3 Å². The van der Waals surface area contributed by atoms with Gasteiger partial charge in [-0.05, 0) is 38.1 Å². The van der Waals surface area contributed by atoms with E-state index in [-0.39, 0.29) is 6.61 Å². The minimum atomic E-state index is -0.0645. The average molecular weight is 251 g/mol. The molecule has 1 rings (SSSR count). The molecule has 1 N–H and O–H groups in total. The number of aliphatic hydroxyl groups excluding tert-OH is 1. The minimum Gasteiger partial charge on any atom is -0.384 e. The Labute approximate surface area is 108 Å². The molecule has 0 aromatic carbocycles. The molecule has 1 heterocycles. The van der Waals surface area contributed by atoms with E-state index in [1.165, 1.54) is 17.7 Å². The third-order valence-corrected chi connectivity index (χ3v) is 3.40. The lowest BCUT2D eigenvalue weighted by Crippen LogP contribution is -2.24. The second kappa shape index (κ2) is 8.30. The van der Waals surface area contributed by atoms with Crippen molar-refractivity contribution in [2.45, 2.75) is 33.2 Å². The first kappa shape index (κ1) is 14.2. The van der Waals surface area contributed by atoms with Gasteiger partial charge in [0.05, 0.1) is 4.88 Å². The van der Waals surface area contributed by atoms with Gasteiger partial charge in [0.15, 0.2) is 0 Å². The molecule has 0 fully saturated rings. The van der Waals surface area contributed by atoms with Gasteiger partial charge < -0.3 is 5.11 Å². The molecule has 0 aliphatic heterocycles. The molecular weight excluding hydrogens is 230 g/mol. The molecule has 0 bridgehead atoms. The molecule has 0 radical (unpaired) electrons. The molecule has 1 aromatic rings. The van der Waals surface area contributed by atoms with Crippen LogP contribution < -0.4 is 0 Å². The van der Waals surface area contributed by atoms with Gasteiger partial charge in [0.25, 0.3) is 0 Å². The number of hydrogen-bond donors (Lipinski definition) is 1. The number of rotatable bonds is 6. The van der Waals surface area contributed by atoms with Crippen molar-refractivity contribution < 1.29 is 5.11 Å². The van der Waals surface area contributed by atoms with Gasteiger partial charge in [-0.1, -0.05) is 25.7 Å². The summed E-state index contributed by atoms with van der Waals surface area (Å²) >= 11 is 1.73. The summed E-state index contributed by atoms with van der Waals surface area (Å²) in [4.78, 5) is 4.88. The third-order valence-electron chi connectivity index (χ3n) is 2.41. The van der Waals surface area contributed by atoms with Crippen LogP contribution in [0.3, 0.4) is 0 Å². The maximum absolute atomic E-state index is 8.64. The van der Waals surface area contributed by atoms with Crippen LogP contribution in [0.4, 0.5) is 0 Å². The standard InChI is InChI=1S/C14H21NOS/c1-3-9-15(10-4-2)12-14-8-7-13(17-14)6-5-11-16/h7-8,16H,3-4,9-12H2,1-2H3. The smallest absolute Gasteiger partial charge is 0.104 e. The van der Waals surface area contributed by atoms with Crippen molar-refractivity contribution in [3.05, 3.63) is 21.9 Å². The van der Waals surface area contributed by atoms with E-state index in [2.05, 4.69) is 36.7 Å². The number of nitrogens with zero attached hydrogens (tertiary/aromatic N) is 1. The quantitative estimate of drug-likeness (QED) is 0.786. The Hall–Kier alpha value is -0.820. The lowest BCUT2D eigenvalue weighted by Gasteiger charge is -2.19. The highest BCUT2D eigenvalue weighted by atomic mass is 32.1. The molecule has 0 aliphatic carbocycles. The summed E-state index contributed by atoms with van der Waals surface area (Å²) in [6, 6.07) is 4.18. The number of hydrogen-bond acceptors (Lipinski definition) is 3. The van der Waals surface area contributed by atoms with E-state index >= 15 is 0 Å². The lowest BCUT2D eigenvalue weighted by molar-refractivity contribution is 0.269. The second-order valence-corrected chi connectivity index (χ2v) is 5.17. The van der Waals surface area contributed by atoms with Crippen molar-refractivity contribution in [3.8, 4) is 11.8 Å². The highest BCUT2D eigenvalue weighted by molar-refractivity contribution is 7.12. The molecule has 0 spiro atoms. The fraction of sp³-hybridized carbons (Fsp3) is 0.571. The van der Waals surface area contributed by atoms with Crippen LogP contribution in [0.1, 0.15) is 36.4 Å². The van der Waals surface area contributed by atoms with Crippen LogP contribution in [0.15, 0.2) is 12.1 Å². The monoisotopic (exact) mass is 251 g/mol. The Bertz CT molecular complexity index is 369. The molecule has 17 heavy (non-hydrogen) atoms. The second-order valence-electron chi connectivity index (χ2n) is 4.00. The maximum Gasteiger partial charge on any atom is 0.104 e. The van der Waals surface area contributed by atoms with Gasteiger partial charge in [-0.2, -0.15) is 0 Å². The van der Waals surface area contributed by atoms with Crippen molar-refractivity contribution in [1.82, 2.24) is 4.90 Å². The first-order valence-corrected chi connectivity index (χ1v) is 7.02. The largest absolute Gasteiger partial charge is 0.384 e. The highest BCUT2D eigenvalue weighted by Crippen LogP contribution is 2.17. The summed E-state index contributed by atoms with van der Waals surface area (Å²) in [6.07, 6.45) is 2.39. The molecule has 0 saturated carbocycles. The molecule has 0 atom stereocenters. The fourth-order valence-corrected chi connectivity index (χ4v) is 2.70. The third kappa shape index (κ3) is 5.36. The van der Waals surface area contributed by atoms with Gasteiger partial charge in [0, 0.05) is 11.4 Å². The molecule has 2 nitrogen and oxygen atoms in total. The Morgan fingerprint density at radius 2 is 1.94 bits per heavy atom. The van der Waals surface area contributed by atoms with Crippen LogP contribution in [0.2, 0.25) is 0 Å². The summed E-state index contributed by atoms with van der Waals surface area (Å²) in [6.45, 7) is 7.70. The van der Waals surface area contributed by atoms with Crippen LogP contribution in [-0.2, 0) is 6.54 Å². The van der Waals surface area contributed by atoms with E-state index in [0.29, 0.717) is 0 Å². The minimum absolute atomic E-state index is 0.0645. The fourth-order valence-electron chi connectivity index (χ4n) is 1.78. The highest BCUT2D eigenvalue weighted by Gasteiger charge is 2.05. The summed E-state index contributed by atoms with van der Waals surface area (Å²) in [7, 11) is 0. The topological polar surface area (TPSA) is 23.5 Å². The number of aliphatic hydroxyl groups is 1. The Kier molecular flexibility index (Phi) is 6.95. The van der Waals surface area contributed by atoms with Gasteiger partial charge >= 0.3 is 0 Å². The predicted octanol–water partition coefficient (Wildman–Crippen LogP) is 2.71. The Morgan fingerprint density at radius 1 is 1.24 bits per heavy atom. The maximum atomic E-state index is 8.64. The van der Waals surface area contributed by atoms with E-state index in [9.17, 15) is 0 Å². The van der Waals surface area contributed by atoms with Gasteiger partial charge in [-0.3, -0.25) is 4.90 Å². The van der Waals surface area contributed by atoms with Crippen LogP contribution in [0.5, 0.6) is 0 Å². The van der Waals surface area contributed by atoms with Crippen molar-refractivity contribution in [1.29, 1.82) is 0 Å². The van der Waals surface area contributed by atoms with E-state index < -0.39 is 0 Å². The molecule has 3 heteroatoms. The van der Waals surface area contributed by atoms with Crippen LogP contribution in [0, 0.1) is 11.8 Å². The Balaban J connectivity index is 2.56. The molecular formula is C14H21NOS. The van der Waals surface area contributed by atoms with E-state index in [0.717, 1.165) is 24.5 Å². The summed E-state index contributed by atoms with van der Waals surface area (Å²) < 4.78 is 0. The van der Waals surface area contributed by atoms with Crippen molar-refractivity contribution in [2.75, 3.05) is 19.7 Å². The summed E-state index contributed by atoms with van der Waals surface area (Å²) in [5.41, 5.74) is 0. The van der Waals surface area contributed by atoms with Crippen LogP contribution in [-0.4, -0.2) is 29.7 Å². The van der Waals surface area contributed by atoms with Gasteiger partial charge in [0.1, 0.15) is 6.61 Å². The number of thiophene rings is 1. The summed E-state index contributed by atoms with van der Waals surface area (Å²) in [5.74, 6) is 5.64. The SMILES string of the molecule is CCCN(CCC)Cc1ccc(C#CCO)s1. The zero-order valence-corrected chi connectivity index (χ0v) is 11.5. The Morgan fingerprint density at radius 3 is 2.53 bits per heavy atom.